The Labute approximate surface area is 130 Å². The molecule has 0 bridgehead atoms. The van der Waals surface area contributed by atoms with Crippen LogP contribution in [0.4, 0.5) is 0 Å². The summed E-state index contributed by atoms with van der Waals surface area (Å²) in [5.74, 6) is 0.614. The second kappa shape index (κ2) is 6.79. The quantitative estimate of drug-likeness (QED) is 0.861. The van der Waals surface area contributed by atoms with Crippen LogP contribution in [0.25, 0.3) is 0 Å². The van der Waals surface area contributed by atoms with Crippen molar-refractivity contribution < 1.29 is 9.84 Å². The molecular weight excluding hydrogens is 278 g/mol. The minimum absolute atomic E-state index is 0.143. The molecule has 0 radical (unpaired) electrons. The van der Waals surface area contributed by atoms with E-state index in [1.807, 2.05) is 38.1 Å². The summed E-state index contributed by atoms with van der Waals surface area (Å²) in [7, 11) is 1.62. The largest absolute Gasteiger partial charge is 0.497 e. The number of benzene rings is 1. The number of aromatic amines is 1. The molecule has 0 unspecified atom stereocenters. The van der Waals surface area contributed by atoms with Crippen molar-refractivity contribution in [2.24, 2.45) is 0 Å². The summed E-state index contributed by atoms with van der Waals surface area (Å²) in [5, 5.41) is 11.3. The summed E-state index contributed by atoms with van der Waals surface area (Å²) < 4.78 is 5.18. The molecule has 0 spiro atoms. The van der Waals surface area contributed by atoms with Gasteiger partial charge >= 0.3 is 0 Å². The molecule has 2 N–H and O–H groups in total. The second-order valence-electron chi connectivity index (χ2n) is 5.43. The Balaban J connectivity index is 2.50. The molecule has 2 rings (SSSR count). The zero-order chi connectivity index (χ0) is 16.2. The molecule has 4 nitrogen and oxygen atoms in total. The topological polar surface area (TPSA) is 62.3 Å². The van der Waals surface area contributed by atoms with Crippen LogP contribution in [0.2, 0.25) is 0 Å². The Kier molecular flexibility index (Phi) is 5.03. The fourth-order valence-electron chi connectivity index (χ4n) is 3.06. The Morgan fingerprint density at radius 3 is 2.41 bits per heavy atom. The van der Waals surface area contributed by atoms with Crippen LogP contribution in [0.1, 0.15) is 43.7 Å². The fraction of sp³-hybridized carbons (Fsp3) is 0.389. The van der Waals surface area contributed by atoms with E-state index in [1.54, 1.807) is 19.5 Å². The third-order valence-electron chi connectivity index (χ3n) is 4.33. The molecule has 22 heavy (non-hydrogen) atoms. The number of hydrogen-bond donors (Lipinski definition) is 2. The number of ether oxygens (including phenoxy) is 1. The molecule has 2 atom stereocenters. The normalized spacial score (nSPS) is 15.1. The SMILES string of the molecule is CC[C@@H](c1ccc(OC)cc1)[C@@](O)(CC)c1c[nH]ccc1=O. The fourth-order valence-corrected chi connectivity index (χ4v) is 3.06. The first-order valence-corrected chi connectivity index (χ1v) is 7.60. The molecule has 1 heterocycles. The Morgan fingerprint density at radius 1 is 1.23 bits per heavy atom. The van der Waals surface area contributed by atoms with Crippen molar-refractivity contribution in [1.82, 2.24) is 4.98 Å². The van der Waals surface area contributed by atoms with Crippen molar-refractivity contribution in [3.05, 3.63) is 64.1 Å². The standard InChI is InChI=1S/C18H23NO3/c1-4-15(13-6-8-14(22-3)9-7-13)18(21,5-2)16-12-19-11-10-17(16)20/h6-12,15,21H,4-5H2,1-3H3,(H,19,20)/t15-,18-/m0/s1. The van der Waals surface area contributed by atoms with Crippen molar-refractivity contribution in [3.8, 4) is 5.75 Å². The van der Waals surface area contributed by atoms with Gasteiger partial charge in [-0.2, -0.15) is 0 Å². The molecule has 0 saturated heterocycles. The average Bonchev–Trinajstić information content (AvgIpc) is 2.56. The van der Waals surface area contributed by atoms with Crippen LogP contribution in [0.3, 0.4) is 0 Å². The van der Waals surface area contributed by atoms with Gasteiger partial charge in [-0.3, -0.25) is 4.79 Å². The first-order chi connectivity index (χ1) is 10.6. The zero-order valence-electron chi connectivity index (χ0n) is 13.3. The average molecular weight is 301 g/mol. The van der Waals surface area contributed by atoms with Crippen LogP contribution in [0.15, 0.2) is 47.5 Å². The van der Waals surface area contributed by atoms with E-state index >= 15 is 0 Å². The maximum atomic E-state index is 12.2. The highest BCUT2D eigenvalue weighted by Gasteiger charge is 2.38. The molecule has 0 aliphatic rings. The van der Waals surface area contributed by atoms with E-state index in [-0.39, 0.29) is 11.3 Å². The lowest BCUT2D eigenvalue weighted by Crippen LogP contribution is -2.37. The smallest absolute Gasteiger partial charge is 0.187 e. The minimum Gasteiger partial charge on any atom is -0.497 e. The third kappa shape index (κ3) is 2.92. The molecule has 0 amide bonds. The van der Waals surface area contributed by atoms with Gasteiger partial charge in [-0.1, -0.05) is 26.0 Å². The first-order valence-electron chi connectivity index (χ1n) is 7.60. The predicted octanol–water partition coefficient (Wildman–Crippen LogP) is 3.17. The van der Waals surface area contributed by atoms with E-state index in [9.17, 15) is 9.90 Å². The van der Waals surface area contributed by atoms with E-state index in [4.69, 9.17) is 4.74 Å². The third-order valence-corrected chi connectivity index (χ3v) is 4.33. The lowest BCUT2D eigenvalue weighted by molar-refractivity contribution is 0.000219. The van der Waals surface area contributed by atoms with Crippen LogP contribution in [0, 0.1) is 0 Å². The Bertz CT molecular complexity index is 663. The van der Waals surface area contributed by atoms with Crippen molar-refractivity contribution >= 4 is 0 Å². The first kappa shape index (κ1) is 16.3. The number of H-pyrrole nitrogens is 1. The van der Waals surface area contributed by atoms with Crippen LogP contribution >= 0.6 is 0 Å². The number of aromatic nitrogens is 1. The van der Waals surface area contributed by atoms with Crippen LogP contribution in [-0.2, 0) is 5.60 Å². The highest BCUT2D eigenvalue weighted by molar-refractivity contribution is 5.33. The number of nitrogens with one attached hydrogen (secondary N) is 1. The monoisotopic (exact) mass is 301 g/mol. The summed E-state index contributed by atoms with van der Waals surface area (Å²) in [6.07, 6.45) is 4.38. The van der Waals surface area contributed by atoms with Gasteiger partial charge < -0.3 is 14.8 Å². The summed E-state index contributed by atoms with van der Waals surface area (Å²) in [4.78, 5) is 15.1. The molecule has 0 aliphatic carbocycles. The number of aliphatic hydroxyl groups is 1. The molecule has 118 valence electrons. The van der Waals surface area contributed by atoms with Gasteiger partial charge in [-0.25, -0.2) is 0 Å². The number of hydrogen-bond acceptors (Lipinski definition) is 3. The lowest BCUT2D eigenvalue weighted by Gasteiger charge is -2.35. The van der Waals surface area contributed by atoms with Crippen LogP contribution < -0.4 is 10.2 Å². The van der Waals surface area contributed by atoms with Gasteiger partial charge in [0.05, 0.1) is 7.11 Å². The highest BCUT2D eigenvalue weighted by Crippen LogP contribution is 2.40. The Hall–Kier alpha value is -2.07. The maximum Gasteiger partial charge on any atom is 0.187 e. The minimum atomic E-state index is -1.20. The highest BCUT2D eigenvalue weighted by atomic mass is 16.5. The molecule has 4 heteroatoms. The van der Waals surface area contributed by atoms with Gasteiger partial charge in [-0.05, 0) is 30.5 Å². The van der Waals surface area contributed by atoms with Crippen LogP contribution in [-0.4, -0.2) is 17.2 Å². The maximum absolute atomic E-state index is 12.2. The molecule has 0 fully saturated rings. The van der Waals surface area contributed by atoms with E-state index < -0.39 is 5.60 Å². The number of pyridine rings is 1. The van der Waals surface area contributed by atoms with E-state index in [0.717, 1.165) is 17.7 Å². The lowest BCUT2D eigenvalue weighted by atomic mass is 9.74. The summed E-state index contributed by atoms with van der Waals surface area (Å²) >= 11 is 0. The van der Waals surface area contributed by atoms with E-state index in [0.29, 0.717) is 12.0 Å². The summed E-state index contributed by atoms with van der Waals surface area (Å²) in [6.45, 7) is 3.92. The zero-order valence-corrected chi connectivity index (χ0v) is 13.3. The Morgan fingerprint density at radius 2 is 1.91 bits per heavy atom. The van der Waals surface area contributed by atoms with Gasteiger partial charge in [0.15, 0.2) is 5.43 Å². The second-order valence-corrected chi connectivity index (χ2v) is 5.43. The molecule has 1 aromatic heterocycles. The summed E-state index contributed by atoms with van der Waals surface area (Å²) in [5.41, 5.74) is 0.0733. The molecule has 0 saturated carbocycles. The van der Waals surface area contributed by atoms with Crippen molar-refractivity contribution in [3.63, 3.8) is 0 Å². The number of methoxy groups -OCH3 is 1. The van der Waals surface area contributed by atoms with Crippen LogP contribution in [0.5, 0.6) is 5.75 Å². The van der Waals surface area contributed by atoms with Gasteiger partial charge in [0.1, 0.15) is 11.4 Å². The van der Waals surface area contributed by atoms with Gasteiger partial charge in [0.2, 0.25) is 0 Å². The van der Waals surface area contributed by atoms with Crippen molar-refractivity contribution in [2.75, 3.05) is 7.11 Å². The van der Waals surface area contributed by atoms with Crippen molar-refractivity contribution in [1.29, 1.82) is 0 Å². The predicted molar refractivity (Wildman–Crippen MR) is 87.3 cm³/mol. The molecular formula is C18H23NO3. The molecule has 0 aliphatic heterocycles. The molecule has 2 aromatic rings. The van der Waals surface area contributed by atoms with E-state index in [2.05, 4.69) is 4.98 Å². The van der Waals surface area contributed by atoms with Gasteiger partial charge in [0.25, 0.3) is 0 Å². The van der Waals surface area contributed by atoms with E-state index in [1.165, 1.54) is 6.07 Å². The van der Waals surface area contributed by atoms with Crippen molar-refractivity contribution in [2.45, 2.75) is 38.2 Å². The summed E-state index contributed by atoms with van der Waals surface area (Å²) in [6, 6.07) is 9.11. The van der Waals surface area contributed by atoms with Gasteiger partial charge in [-0.15, -0.1) is 0 Å². The van der Waals surface area contributed by atoms with Gasteiger partial charge in [0, 0.05) is 29.9 Å². The number of rotatable bonds is 6. The molecule has 1 aromatic carbocycles.